The minimum Gasteiger partial charge on any atom is -0.478 e. The molecular weight excluding hydrogens is 222 g/mol. The Hall–Kier alpha value is -1.69. The Morgan fingerprint density at radius 1 is 1.59 bits per heavy atom. The van der Waals surface area contributed by atoms with E-state index in [1.807, 2.05) is 13.8 Å². The molecule has 0 radical (unpaired) electrons. The summed E-state index contributed by atoms with van der Waals surface area (Å²) in [5, 5.41) is 11.8. The molecule has 0 aliphatic carbocycles. The normalized spacial score (nSPS) is 11.3. The molecule has 1 aromatic heterocycles. The highest BCUT2D eigenvalue weighted by Crippen LogP contribution is 2.10. The molecule has 0 aromatic carbocycles. The number of carboxylic acids is 1. The molecule has 2 N–H and O–H groups in total. The van der Waals surface area contributed by atoms with Crippen molar-refractivity contribution in [2.75, 3.05) is 19.0 Å². The lowest BCUT2D eigenvalue weighted by Gasteiger charge is -2.23. The number of nitrogens with zero attached hydrogens (tertiary/aromatic N) is 2. The predicted octanol–water partition coefficient (Wildman–Crippen LogP) is 1.32. The minimum absolute atomic E-state index is 0.113. The maximum atomic E-state index is 10.8. The van der Waals surface area contributed by atoms with Gasteiger partial charge in [0.2, 0.25) is 5.95 Å². The van der Waals surface area contributed by atoms with Gasteiger partial charge in [-0.2, -0.15) is 0 Å². The Morgan fingerprint density at radius 3 is 2.71 bits per heavy atom. The van der Waals surface area contributed by atoms with Crippen molar-refractivity contribution in [2.24, 2.45) is 0 Å². The van der Waals surface area contributed by atoms with Crippen molar-refractivity contribution in [3.8, 4) is 0 Å². The van der Waals surface area contributed by atoms with Crippen LogP contribution in [0, 0.1) is 6.92 Å². The van der Waals surface area contributed by atoms with Crippen LogP contribution in [0.2, 0.25) is 0 Å². The summed E-state index contributed by atoms with van der Waals surface area (Å²) >= 11 is 0. The first kappa shape index (κ1) is 13.4. The van der Waals surface area contributed by atoms with Gasteiger partial charge >= 0.3 is 5.97 Å². The highest BCUT2D eigenvalue weighted by molar-refractivity contribution is 5.88. The smallest absolute Gasteiger partial charge is 0.339 e. The van der Waals surface area contributed by atoms with Crippen molar-refractivity contribution < 1.29 is 14.6 Å². The molecule has 0 aliphatic rings. The number of methoxy groups -OCH3 is 1. The summed E-state index contributed by atoms with van der Waals surface area (Å²) in [5.74, 6) is -0.621. The van der Waals surface area contributed by atoms with Crippen LogP contribution in [0.4, 0.5) is 5.95 Å². The van der Waals surface area contributed by atoms with E-state index >= 15 is 0 Å². The molecule has 0 aliphatic heterocycles. The molecule has 0 saturated heterocycles. The molecule has 0 amide bonds. The maximum absolute atomic E-state index is 10.8. The van der Waals surface area contributed by atoms with E-state index in [4.69, 9.17) is 9.84 Å². The van der Waals surface area contributed by atoms with E-state index in [2.05, 4.69) is 15.3 Å². The largest absolute Gasteiger partial charge is 0.478 e. The summed E-state index contributed by atoms with van der Waals surface area (Å²) in [4.78, 5) is 18.8. The number of carbonyl (C=O) groups is 1. The number of anilines is 1. The second-order valence-corrected chi connectivity index (χ2v) is 4.32. The van der Waals surface area contributed by atoms with E-state index in [1.54, 1.807) is 14.0 Å². The molecule has 1 aromatic rings. The van der Waals surface area contributed by atoms with Crippen molar-refractivity contribution in [3.63, 3.8) is 0 Å². The molecule has 0 atom stereocenters. The van der Waals surface area contributed by atoms with Crippen LogP contribution < -0.4 is 5.32 Å². The number of aryl methyl sites for hydroxylation is 1. The number of nitrogens with one attached hydrogen (secondary N) is 1. The monoisotopic (exact) mass is 239 g/mol. The van der Waals surface area contributed by atoms with Crippen LogP contribution in [-0.4, -0.2) is 40.3 Å². The van der Waals surface area contributed by atoms with Crippen LogP contribution in [0.1, 0.15) is 29.9 Å². The zero-order valence-corrected chi connectivity index (χ0v) is 10.4. The van der Waals surface area contributed by atoms with E-state index in [0.29, 0.717) is 18.2 Å². The Kier molecular flexibility index (Phi) is 4.01. The molecule has 6 nitrogen and oxygen atoms in total. The zero-order valence-electron chi connectivity index (χ0n) is 10.4. The standard InChI is InChI=1S/C11H17N3O3/c1-7-8(9(15)16)5-12-10(14-7)13-6-11(2,3)17-4/h5H,6H2,1-4H3,(H,15,16)(H,12,13,14). The van der Waals surface area contributed by atoms with Crippen LogP contribution in [0.3, 0.4) is 0 Å². The van der Waals surface area contributed by atoms with Gasteiger partial charge in [-0.3, -0.25) is 0 Å². The van der Waals surface area contributed by atoms with E-state index in [0.717, 1.165) is 0 Å². The van der Waals surface area contributed by atoms with Gasteiger partial charge in [-0.15, -0.1) is 0 Å². The SMILES string of the molecule is COC(C)(C)CNc1ncc(C(=O)O)c(C)n1. The van der Waals surface area contributed by atoms with Gasteiger partial charge in [-0.25, -0.2) is 14.8 Å². The topological polar surface area (TPSA) is 84.3 Å². The lowest BCUT2D eigenvalue weighted by Crippen LogP contribution is -2.32. The van der Waals surface area contributed by atoms with Gasteiger partial charge in [-0.05, 0) is 20.8 Å². The van der Waals surface area contributed by atoms with Gasteiger partial charge in [0.15, 0.2) is 0 Å². The summed E-state index contributed by atoms with van der Waals surface area (Å²) in [5.41, 5.74) is 0.217. The molecule has 0 unspecified atom stereocenters. The molecule has 94 valence electrons. The molecule has 0 saturated carbocycles. The lowest BCUT2D eigenvalue weighted by molar-refractivity contribution is 0.0342. The Bertz CT molecular complexity index is 418. The quantitative estimate of drug-likeness (QED) is 0.806. The van der Waals surface area contributed by atoms with Crippen molar-refractivity contribution in [1.29, 1.82) is 0 Å². The highest BCUT2D eigenvalue weighted by Gasteiger charge is 2.17. The van der Waals surface area contributed by atoms with E-state index in [1.165, 1.54) is 6.20 Å². The Balaban J connectivity index is 2.75. The van der Waals surface area contributed by atoms with Gasteiger partial charge in [0.25, 0.3) is 0 Å². The summed E-state index contributed by atoms with van der Waals surface area (Å²) in [6.45, 7) is 6.03. The van der Waals surface area contributed by atoms with E-state index < -0.39 is 5.97 Å². The third-order valence-electron chi connectivity index (χ3n) is 2.43. The number of hydrogen-bond acceptors (Lipinski definition) is 5. The first-order valence-corrected chi connectivity index (χ1v) is 5.21. The van der Waals surface area contributed by atoms with Crippen molar-refractivity contribution >= 4 is 11.9 Å². The molecule has 6 heteroatoms. The van der Waals surface area contributed by atoms with Gasteiger partial charge in [0.05, 0.1) is 16.9 Å². The summed E-state index contributed by atoms with van der Waals surface area (Å²) in [6.07, 6.45) is 1.30. The van der Waals surface area contributed by atoms with Crippen molar-refractivity contribution in [2.45, 2.75) is 26.4 Å². The average molecular weight is 239 g/mol. The molecule has 1 heterocycles. The number of ether oxygens (including phenoxy) is 1. The summed E-state index contributed by atoms with van der Waals surface area (Å²) in [7, 11) is 1.63. The second kappa shape index (κ2) is 5.09. The molecule has 0 spiro atoms. The fraction of sp³-hybridized carbons (Fsp3) is 0.545. The van der Waals surface area contributed by atoms with Gasteiger partial charge in [-0.1, -0.05) is 0 Å². The molecule has 1 rings (SSSR count). The van der Waals surface area contributed by atoms with Crippen molar-refractivity contribution in [1.82, 2.24) is 9.97 Å². The van der Waals surface area contributed by atoms with Crippen LogP contribution in [0.15, 0.2) is 6.20 Å². The summed E-state index contributed by atoms with van der Waals surface area (Å²) < 4.78 is 5.24. The molecular formula is C11H17N3O3. The molecule has 0 fully saturated rings. The van der Waals surface area contributed by atoms with Crippen LogP contribution in [0.5, 0.6) is 0 Å². The Labute approximate surface area is 100 Å². The average Bonchev–Trinajstić information content (AvgIpc) is 2.26. The molecule has 17 heavy (non-hydrogen) atoms. The first-order chi connectivity index (χ1) is 7.85. The second-order valence-electron chi connectivity index (χ2n) is 4.32. The third kappa shape index (κ3) is 3.67. The Morgan fingerprint density at radius 2 is 2.24 bits per heavy atom. The summed E-state index contributed by atoms with van der Waals surface area (Å²) in [6, 6.07) is 0. The third-order valence-corrected chi connectivity index (χ3v) is 2.43. The molecule has 0 bridgehead atoms. The van der Waals surface area contributed by atoms with E-state index in [-0.39, 0.29) is 11.2 Å². The highest BCUT2D eigenvalue weighted by atomic mass is 16.5. The lowest BCUT2D eigenvalue weighted by atomic mass is 10.1. The fourth-order valence-corrected chi connectivity index (χ4v) is 1.13. The first-order valence-electron chi connectivity index (χ1n) is 5.21. The minimum atomic E-state index is -1.02. The maximum Gasteiger partial charge on any atom is 0.339 e. The van der Waals surface area contributed by atoms with Gasteiger partial charge < -0.3 is 15.2 Å². The van der Waals surface area contributed by atoms with Gasteiger partial charge in [0, 0.05) is 19.9 Å². The van der Waals surface area contributed by atoms with Gasteiger partial charge in [0.1, 0.15) is 0 Å². The zero-order chi connectivity index (χ0) is 13.1. The van der Waals surface area contributed by atoms with Crippen LogP contribution >= 0.6 is 0 Å². The number of rotatable bonds is 5. The van der Waals surface area contributed by atoms with E-state index in [9.17, 15) is 4.79 Å². The number of aromatic nitrogens is 2. The van der Waals surface area contributed by atoms with Crippen LogP contribution in [-0.2, 0) is 4.74 Å². The number of hydrogen-bond donors (Lipinski definition) is 2. The predicted molar refractivity (Wildman–Crippen MR) is 63.3 cm³/mol. The van der Waals surface area contributed by atoms with Crippen molar-refractivity contribution in [3.05, 3.63) is 17.5 Å². The van der Waals surface area contributed by atoms with Crippen LogP contribution in [0.25, 0.3) is 0 Å². The number of aromatic carboxylic acids is 1. The number of carboxylic acid groups (broad SMARTS) is 1. The fourth-order valence-electron chi connectivity index (χ4n) is 1.13.